The zero-order valence-electron chi connectivity index (χ0n) is 20.2. The van der Waals surface area contributed by atoms with Crippen molar-refractivity contribution in [1.82, 2.24) is 19.6 Å². The van der Waals surface area contributed by atoms with Gasteiger partial charge >= 0.3 is 24.3 Å². The minimum atomic E-state index is -5.08. The van der Waals surface area contributed by atoms with E-state index in [4.69, 9.17) is 24.5 Å². The molecule has 212 valence electrons. The number of carboxylic acids is 2. The number of halogens is 6. The molecule has 2 saturated heterocycles. The molecule has 9 nitrogen and oxygen atoms in total. The van der Waals surface area contributed by atoms with Crippen LogP contribution in [0.5, 0.6) is 0 Å². The van der Waals surface area contributed by atoms with Gasteiger partial charge in [-0.3, -0.25) is 9.58 Å². The standard InChI is InChI=1S/C18H30N4O.2C2HF3O2/c1-2-8-20(7-1)12-17-13-21(11-16-4-9-23-10-5-16)15-18-3-6-19-22(18)14-17;2*3-2(4,5)1(6)7/h3,6,16-17H,1-2,4-5,7-15H2;2*(H,6,7). The second-order valence-corrected chi connectivity index (χ2v) is 9.23. The second-order valence-electron chi connectivity index (χ2n) is 9.23. The monoisotopic (exact) mass is 546 g/mol. The smallest absolute Gasteiger partial charge is 0.475 e. The third kappa shape index (κ3) is 11.3. The molecule has 0 amide bonds. The van der Waals surface area contributed by atoms with Crippen LogP contribution in [0.4, 0.5) is 26.3 Å². The van der Waals surface area contributed by atoms with Gasteiger partial charge in [0, 0.05) is 58.1 Å². The fraction of sp³-hybridized carbons (Fsp3) is 0.773. The first-order chi connectivity index (χ1) is 17.3. The van der Waals surface area contributed by atoms with Gasteiger partial charge in [0.2, 0.25) is 0 Å². The van der Waals surface area contributed by atoms with Gasteiger partial charge in [-0.2, -0.15) is 31.4 Å². The summed E-state index contributed by atoms with van der Waals surface area (Å²) in [5.41, 5.74) is 1.39. The zero-order chi connectivity index (χ0) is 27.6. The number of hydrogen-bond acceptors (Lipinski definition) is 6. The normalized spacial score (nSPS) is 21.6. The maximum atomic E-state index is 10.6. The van der Waals surface area contributed by atoms with Gasteiger partial charge in [0.25, 0.3) is 0 Å². The van der Waals surface area contributed by atoms with Crippen molar-refractivity contribution in [2.75, 3.05) is 45.9 Å². The SMILES string of the molecule is O=C(O)C(F)(F)F.O=C(O)C(F)(F)F.c1cc2n(n1)CC(CN1CCCC1)CN(CC1CCOCC1)C2. The molecule has 15 heteroatoms. The lowest BCUT2D eigenvalue weighted by atomic mass is 9.99. The first kappa shape index (κ1) is 30.8. The Balaban J connectivity index is 0.000000286. The Hall–Kier alpha value is -2.39. The van der Waals surface area contributed by atoms with Crippen molar-refractivity contribution in [1.29, 1.82) is 0 Å². The lowest BCUT2D eigenvalue weighted by Crippen LogP contribution is -2.38. The van der Waals surface area contributed by atoms with Crippen LogP contribution in [0.3, 0.4) is 0 Å². The van der Waals surface area contributed by atoms with E-state index in [1.165, 1.54) is 64.1 Å². The van der Waals surface area contributed by atoms with E-state index in [1.54, 1.807) is 0 Å². The highest BCUT2D eigenvalue weighted by Gasteiger charge is 2.39. The number of likely N-dealkylation sites (tertiary alicyclic amines) is 1. The van der Waals surface area contributed by atoms with Crippen molar-refractivity contribution < 1.29 is 50.9 Å². The summed E-state index contributed by atoms with van der Waals surface area (Å²) in [6.45, 7) is 10.3. The average molecular weight is 547 g/mol. The maximum Gasteiger partial charge on any atom is 0.490 e. The van der Waals surface area contributed by atoms with Gasteiger partial charge in [-0.25, -0.2) is 9.59 Å². The first-order valence-corrected chi connectivity index (χ1v) is 11.9. The molecule has 4 heterocycles. The van der Waals surface area contributed by atoms with Gasteiger partial charge in [-0.15, -0.1) is 0 Å². The molecule has 2 N–H and O–H groups in total. The molecule has 3 aliphatic rings. The molecule has 1 aromatic heterocycles. The maximum absolute atomic E-state index is 10.6. The molecule has 1 aromatic rings. The molecular weight excluding hydrogens is 514 g/mol. The Bertz CT molecular complexity index is 827. The van der Waals surface area contributed by atoms with Crippen molar-refractivity contribution in [3.8, 4) is 0 Å². The lowest BCUT2D eigenvalue weighted by molar-refractivity contribution is -0.193. The van der Waals surface area contributed by atoms with E-state index in [0.29, 0.717) is 5.92 Å². The fourth-order valence-electron chi connectivity index (χ4n) is 4.50. The first-order valence-electron chi connectivity index (χ1n) is 11.9. The third-order valence-electron chi connectivity index (χ3n) is 6.20. The minimum Gasteiger partial charge on any atom is -0.475 e. The number of carbonyl (C=O) groups is 2. The fourth-order valence-corrected chi connectivity index (χ4v) is 4.50. The number of rotatable bonds is 4. The molecule has 0 bridgehead atoms. The third-order valence-corrected chi connectivity index (χ3v) is 6.20. The molecule has 0 aromatic carbocycles. The Labute approximate surface area is 210 Å². The van der Waals surface area contributed by atoms with Crippen molar-refractivity contribution in [2.45, 2.75) is 51.1 Å². The number of hydrogen-bond donors (Lipinski definition) is 2. The molecule has 0 radical (unpaired) electrons. The molecule has 2 fully saturated rings. The number of aromatic nitrogens is 2. The number of alkyl halides is 6. The molecule has 0 aliphatic carbocycles. The number of ether oxygens (including phenoxy) is 1. The van der Waals surface area contributed by atoms with E-state index in [2.05, 4.69) is 25.6 Å². The average Bonchev–Trinajstić information content (AvgIpc) is 3.43. The Morgan fingerprint density at radius 3 is 1.92 bits per heavy atom. The Morgan fingerprint density at radius 2 is 1.41 bits per heavy atom. The van der Waals surface area contributed by atoms with Crippen LogP contribution >= 0.6 is 0 Å². The highest BCUT2D eigenvalue weighted by atomic mass is 19.4. The summed E-state index contributed by atoms with van der Waals surface area (Å²) in [6.07, 6.45) is -2.98. The van der Waals surface area contributed by atoms with Gasteiger partial charge in [0.1, 0.15) is 0 Å². The predicted molar refractivity (Wildman–Crippen MR) is 118 cm³/mol. The van der Waals surface area contributed by atoms with Crippen molar-refractivity contribution in [3.05, 3.63) is 18.0 Å². The Kier molecular flexibility index (Phi) is 11.6. The van der Waals surface area contributed by atoms with E-state index in [-0.39, 0.29) is 0 Å². The van der Waals surface area contributed by atoms with Crippen molar-refractivity contribution in [3.63, 3.8) is 0 Å². The molecular formula is C22H32F6N4O5. The lowest BCUT2D eigenvalue weighted by Gasteiger charge is -2.31. The summed E-state index contributed by atoms with van der Waals surface area (Å²) in [6, 6.07) is 2.20. The summed E-state index contributed by atoms with van der Waals surface area (Å²) in [4.78, 5) is 23.1. The van der Waals surface area contributed by atoms with Crippen LogP contribution in [0.2, 0.25) is 0 Å². The number of aliphatic carboxylic acids is 2. The van der Waals surface area contributed by atoms with Crippen LogP contribution in [0.1, 0.15) is 31.4 Å². The van der Waals surface area contributed by atoms with Crippen molar-refractivity contribution >= 4 is 11.9 Å². The molecule has 1 atom stereocenters. The van der Waals surface area contributed by atoms with Crippen LogP contribution in [-0.4, -0.2) is 100 Å². The van der Waals surface area contributed by atoms with Gasteiger partial charge < -0.3 is 19.8 Å². The molecule has 3 aliphatic heterocycles. The van der Waals surface area contributed by atoms with Gasteiger partial charge in [-0.1, -0.05) is 0 Å². The van der Waals surface area contributed by atoms with Crippen LogP contribution in [0, 0.1) is 11.8 Å². The van der Waals surface area contributed by atoms with Crippen molar-refractivity contribution in [2.24, 2.45) is 11.8 Å². The highest BCUT2D eigenvalue weighted by molar-refractivity contribution is 5.73. The number of fused-ring (bicyclic) bond motifs is 1. The highest BCUT2D eigenvalue weighted by Crippen LogP contribution is 2.23. The largest absolute Gasteiger partial charge is 0.490 e. The van der Waals surface area contributed by atoms with E-state index in [9.17, 15) is 26.3 Å². The molecule has 4 rings (SSSR count). The predicted octanol–water partition coefficient (Wildman–Crippen LogP) is 3.10. The quantitative estimate of drug-likeness (QED) is 0.555. The summed E-state index contributed by atoms with van der Waals surface area (Å²) in [5, 5.41) is 18.8. The number of carboxylic acid groups (broad SMARTS) is 2. The van der Waals surface area contributed by atoms with Crippen LogP contribution in [-0.2, 0) is 27.4 Å². The molecule has 37 heavy (non-hydrogen) atoms. The summed E-state index contributed by atoms with van der Waals surface area (Å²) < 4.78 is 71.3. The van der Waals surface area contributed by atoms with Gasteiger partial charge in [0.05, 0.1) is 5.69 Å². The molecule has 1 unspecified atom stereocenters. The Morgan fingerprint density at radius 1 is 0.892 bits per heavy atom. The topological polar surface area (TPSA) is 108 Å². The van der Waals surface area contributed by atoms with Crippen LogP contribution < -0.4 is 0 Å². The molecule has 0 spiro atoms. The van der Waals surface area contributed by atoms with E-state index >= 15 is 0 Å². The van der Waals surface area contributed by atoms with Gasteiger partial charge in [-0.05, 0) is 50.8 Å². The summed E-state index contributed by atoms with van der Waals surface area (Å²) in [7, 11) is 0. The minimum absolute atomic E-state index is 0.703. The summed E-state index contributed by atoms with van der Waals surface area (Å²) in [5.74, 6) is -4.00. The van der Waals surface area contributed by atoms with E-state index in [1.807, 2.05) is 6.20 Å². The molecule has 0 saturated carbocycles. The van der Waals surface area contributed by atoms with Crippen LogP contribution in [0.15, 0.2) is 12.3 Å². The second kappa shape index (κ2) is 14.0. The van der Waals surface area contributed by atoms with Crippen LogP contribution in [0.25, 0.3) is 0 Å². The van der Waals surface area contributed by atoms with Gasteiger partial charge in [0.15, 0.2) is 0 Å². The van der Waals surface area contributed by atoms with E-state index in [0.717, 1.165) is 32.2 Å². The number of nitrogens with zero attached hydrogens (tertiary/aromatic N) is 4. The zero-order valence-corrected chi connectivity index (χ0v) is 20.2. The van der Waals surface area contributed by atoms with E-state index < -0.39 is 24.3 Å². The summed E-state index contributed by atoms with van der Waals surface area (Å²) >= 11 is 0.